The summed E-state index contributed by atoms with van der Waals surface area (Å²) in [5, 5.41) is 10.8. The number of carbonyl (C=O) groups is 3. The smallest absolute Gasteiger partial charge is 0.322 e. The third-order valence-corrected chi connectivity index (χ3v) is 3.18. The fraction of sp³-hybridized carbons (Fsp3) is 0.727. The van der Waals surface area contributed by atoms with Crippen molar-refractivity contribution in [2.75, 3.05) is 13.1 Å². The Labute approximate surface area is 99.0 Å². The molecule has 0 aromatic carbocycles. The van der Waals surface area contributed by atoms with Crippen LogP contribution in [0.5, 0.6) is 0 Å². The van der Waals surface area contributed by atoms with Gasteiger partial charge in [0.25, 0.3) is 0 Å². The van der Waals surface area contributed by atoms with Crippen molar-refractivity contribution in [2.24, 2.45) is 5.92 Å². The first-order valence-corrected chi connectivity index (χ1v) is 5.89. The van der Waals surface area contributed by atoms with Crippen LogP contribution in [0.3, 0.4) is 0 Å². The Morgan fingerprint density at radius 2 is 1.94 bits per heavy atom. The minimum Gasteiger partial charge on any atom is -0.480 e. The molecular formula is C11H16N2O4. The third kappa shape index (κ3) is 2.75. The molecule has 94 valence electrons. The highest BCUT2D eigenvalue weighted by Gasteiger charge is 2.40. The maximum absolute atomic E-state index is 11.9. The predicted molar refractivity (Wildman–Crippen MR) is 58.1 cm³/mol. The summed E-state index contributed by atoms with van der Waals surface area (Å²) in [5.41, 5.74) is 0. The lowest BCUT2D eigenvalue weighted by molar-refractivity contribution is -0.141. The molecule has 0 aromatic heterocycles. The standard InChI is InChI=1S/C11H16N2O4/c14-9(15)6-12-10(16)8-2-1-5-13(8)11(17)7-3-4-7/h7-8H,1-6H2,(H,12,16)(H,14,15). The molecule has 0 bridgehead atoms. The summed E-state index contributed by atoms with van der Waals surface area (Å²) in [6.07, 6.45) is 3.27. The van der Waals surface area contributed by atoms with Crippen molar-refractivity contribution >= 4 is 17.8 Å². The molecule has 0 radical (unpaired) electrons. The van der Waals surface area contributed by atoms with Gasteiger partial charge >= 0.3 is 5.97 Å². The molecule has 0 spiro atoms. The van der Waals surface area contributed by atoms with E-state index in [1.54, 1.807) is 4.90 Å². The van der Waals surface area contributed by atoms with E-state index in [0.29, 0.717) is 13.0 Å². The lowest BCUT2D eigenvalue weighted by atomic mass is 10.2. The van der Waals surface area contributed by atoms with E-state index in [2.05, 4.69) is 5.32 Å². The maximum Gasteiger partial charge on any atom is 0.322 e. The van der Waals surface area contributed by atoms with E-state index in [1.807, 2.05) is 0 Å². The van der Waals surface area contributed by atoms with Crippen molar-refractivity contribution in [1.29, 1.82) is 0 Å². The summed E-state index contributed by atoms with van der Waals surface area (Å²) in [5.74, 6) is -1.27. The summed E-state index contributed by atoms with van der Waals surface area (Å²) < 4.78 is 0. The Morgan fingerprint density at radius 1 is 1.24 bits per heavy atom. The van der Waals surface area contributed by atoms with Gasteiger partial charge in [-0.25, -0.2) is 0 Å². The quantitative estimate of drug-likeness (QED) is 0.699. The van der Waals surface area contributed by atoms with Gasteiger partial charge in [0, 0.05) is 12.5 Å². The molecule has 1 saturated heterocycles. The SMILES string of the molecule is O=C(O)CNC(=O)C1CCCN1C(=O)C1CC1. The van der Waals surface area contributed by atoms with Gasteiger partial charge < -0.3 is 15.3 Å². The Kier molecular flexibility index (Phi) is 3.31. The number of aliphatic carboxylic acids is 1. The van der Waals surface area contributed by atoms with E-state index >= 15 is 0 Å². The van der Waals surface area contributed by atoms with Crippen LogP contribution < -0.4 is 5.32 Å². The number of nitrogens with one attached hydrogen (secondary N) is 1. The van der Waals surface area contributed by atoms with E-state index in [1.165, 1.54) is 0 Å². The summed E-state index contributed by atoms with van der Waals surface area (Å²) >= 11 is 0. The van der Waals surface area contributed by atoms with Gasteiger partial charge in [-0.1, -0.05) is 0 Å². The van der Waals surface area contributed by atoms with Crippen LogP contribution in [0.2, 0.25) is 0 Å². The number of hydrogen-bond donors (Lipinski definition) is 2. The van der Waals surface area contributed by atoms with Gasteiger partial charge in [-0.15, -0.1) is 0 Å². The van der Waals surface area contributed by atoms with Crippen LogP contribution in [-0.2, 0) is 14.4 Å². The molecule has 0 aromatic rings. The molecule has 1 heterocycles. The van der Waals surface area contributed by atoms with Gasteiger partial charge in [0.15, 0.2) is 0 Å². The first-order valence-electron chi connectivity index (χ1n) is 5.89. The first kappa shape index (κ1) is 11.9. The zero-order valence-corrected chi connectivity index (χ0v) is 9.52. The number of carboxylic acids is 1. The van der Waals surface area contributed by atoms with E-state index < -0.39 is 12.0 Å². The number of rotatable bonds is 4. The van der Waals surface area contributed by atoms with Crippen molar-refractivity contribution in [1.82, 2.24) is 10.2 Å². The van der Waals surface area contributed by atoms with Gasteiger partial charge in [-0.2, -0.15) is 0 Å². The summed E-state index contributed by atoms with van der Waals surface area (Å²) in [6, 6.07) is -0.470. The first-order chi connectivity index (χ1) is 8.09. The van der Waals surface area contributed by atoms with Crippen molar-refractivity contribution < 1.29 is 19.5 Å². The highest BCUT2D eigenvalue weighted by Crippen LogP contribution is 2.33. The second kappa shape index (κ2) is 4.73. The molecule has 1 aliphatic heterocycles. The average Bonchev–Trinajstić information content (AvgIpc) is 3.02. The maximum atomic E-state index is 11.9. The second-order valence-electron chi connectivity index (χ2n) is 4.58. The summed E-state index contributed by atoms with van der Waals surface area (Å²) in [7, 11) is 0. The highest BCUT2D eigenvalue weighted by atomic mass is 16.4. The molecule has 6 nitrogen and oxygen atoms in total. The molecule has 2 amide bonds. The molecule has 1 aliphatic carbocycles. The Bertz CT molecular complexity index is 351. The van der Waals surface area contributed by atoms with Crippen molar-refractivity contribution in [3.05, 3.63) is 0 Å². The monoisotopic (exact) mass is 240 g/mol. The number of amides is 2. The Balaban J connectivity index is 1.91. The van der Waals surface area contributed by atoms with Gasteiger partial charge in [0.05, 0.1) is 0 Å². The summed E-state index contributed by atoms with van der Waals surface area (Å²) in [6.45, 7) is 0.223. The van der Waals surface area contributed by atoms with Crippen LogP contribution in [0.25, 0.3) is 0 Å². The average molecular weight is 240 g/mol. The van der Waals surface area contributed by atoms with E-state index in [0.717, 1.165) is 19.3 Å². The van der Waals surface area contributed by atoms with Crippen LogP contribution in [-0.4, -0.2) is 46.9 Å². The van der Waals surface area contributed by atoms with Crippen molar-refractivity contribution in [3.63, 3.8) is 0 Å². The lowest BCUT2D eigenvalue weighted by Gasteiger charge is -2.23. The van der Waals surface area contributed by atoms with Gasteiger partial charge in [0.2, 0.25) is 11.8 Å². The molecule has 2 rings (SSSR count). The highest BCUT2D eigenvalue weighted by molar-refractivity contribution is 5.91. The van der Waals surface area contributed by atoms with Crippen LogP contribution in [0.4, 0.5) is 0 Å². The minimum atomic E-state index is -1.07. The second-order valence-corrected chi connectivity index (χ2v) is 4.58. The topological polar surface area (TPSA) is 86.7 Å². The van der Waals surface area contributed by atoms with Crippen LogP contribution in [0.15, 0.2) is 0 Å². The van der Waals surface area contributed by atoms with Gasteiger partial charge in [-0.05, 0) is 25.7 Å². The Morgan fingerprint density at radius 3 is 2.53 bits per heavy atom. The van der Waals surface area contributed by atoms with Crippen molar-refractivity contribution in [2.45, 2.75) is 31.7 Å². The van der Waals surface area contributed by atoms with Crippen molar-refractivity contribution in [3.8, 4) is 0 Å². The number of nitrogens with zero attached hydrogens (tertiary/aromatic N) is 1. The molecule has 2 N–H and O–H groups in total. The van der Waals surface area contributed by atoms with Crippen LogP contribution >= 0.6 is 0 Å². The molecule has 6 heteroatoms. The van der Waals surface area contributed by atoms with Gasteiger partial charge in [-0.3, -0.25) is 14.4 Å². The molecule has 2 fully saturated rings. The van der Waals surface area contributed by atoms with Crippen LogP contribution in [0, 0.1) is 5.92 Å². The van der Waals surface area contributed by atoms with Gasteiger partial charge in [0.1, 0.15) is 12.6 Å². The number of likely N-dealkylation sites (tertiary alicyclic amines) is 1. The Hall–Kier alpha value is -1.59. The van der Waals surface area contributed by atoms with E-state index in [-0.39, 0.29) is 24.3 Å². The molecule has 2 aliphatic rings. The van der Waals surface area contributed by atoms with Crippen LogP contribution in [0.1, 0.15) is 25.7 Å². The molecule has 1 saturated carbocycles. The normalized spacial score (nSPS) is 23.5. The number of carbonyl (C=O) groups excluding carboxylic acids is 2. The number of hydrogen-bond acceptors (Lipinski definition) is 3. The zero-order valence-electron chi connectivity index (χ0n) is 9.52. The largest absolute Gasteiger partial charge is 0.480 e. The predicted octanol–water partition coefficient (Wildman–Crippen LogP) is -0.412. The third-order valence-electron chi connectivity index (χ3n) is 3.18. The molecule has 17 heavy (non-hydrogen) atoms. The fourth-order valence-electron chi connectivity index (χ4n) is 2.15. The van der Waals surface area contributed by atoms with E-state index in [4.69, 9.17) is 5.11 Å². The lowest BCUT2D eigenvalue weighted by Crippen LogP contribution is -2.47. The molecule has 1 atom stereocenters. The zero-order chi connectivity index (χ0) is 12.4. The molecular weight excluding hydrogens is 224 g/mol. The fourth-order valence-corrected chi connectivity index (χ4v) is 2.15. The number of carboxylic acid groups (broad SMARTS) is 1. The van der Waals surface area contributed by atoms with E-state index in [9.17, 15) is 14.4 Å². The summed E-state index contributed by atoms with van der Waals surface area (Å²) in [4.78, 5) is 35.6. The minimum absolute atomic E-state index is 0.0537. The molecule has 1 unspecified atom stereocenters.